The Labute approximate surface area is 193 Å². The number of pyridine rings is 1. The molecule has 1 amide bonds. The molecule has 11 heteroatoms. The molecule has 0 atom stereocenters. The summed E-state index contributed by atoms with van der Waals surface area (Å²) in [6, 6.07) is 14.1. The number of sulfone groups is 1. The highest BCUT2D eigenvalue weighted by molar-refractivity contribution is 7.91. The lowest BCUT2D eigenvalue weighted by molar-refractivity contribution is -0.137. The van der Waals surface area contributed by atoms with E-state index in [0.717, 1.165) is 16.7 Å². The third-order valence-electron chi connectivity index (χ3n) is 4.94. The molecule has 7 nitrogen and oxygen atoms in total. The molecule has 3 aromatic rings. The second-order valence-electron chi connectivity index (χ2n) is 7.32. The van der Waals surface area contributed by atoms with E-state index in [2.05, 4.69) is 5.32 Å². The van der Waals surface area contributed by atoms with Gasteiger partial charge in [-0.2, -0.15) is 18.4 Å². The van der Waals surface area contributed by atoms with Gasteiger partial charge in [0.15, 0.2) is 9.84 Å². The fraction of sp³-hybridized carbons (Fsp3) is 0.174. The van der Waals surface area contributed by atoms with Crippen LogP contribution in [0.2, 0.25) is 0 Å². The fourth-order valence-electron chi connectivity index (χ4n) is 3.21. The van der Waals surface area contributed by atoms with Gasteiger partial charge in [-0.3, -0.25) is 14.2 Å². The average Bonchev–Trinajstić information content (AvgIpc) is 2.77. The van der Waals surface area contributed by atoms with Crippen LogP contribution in [0, 0.1) is 18.3 Å². The van der Waals surface area contributed by atoms with E-state index in [4.69, 9.17) is 5.26 Å². The number of nitrogens with zero attached hydrogens (tertiary/aromatic N) is 2. The zero-order valence-electron chi connectivity index (χ0n) is 17.8. The van der Waals surface area contributed by atoms with Gasteiger partial charge in [-0.15, -0.1) is 0 Å². The number of rotatable bonds is 6. The first-order valence-electron chi connectivity index (χ1n) is 9.81. The third-order valence-corrected chi connectivity index (χ3v) is 6.44. The topological polar surface area (TPSA) is 109 Å². The van der Waals surface area contributed by atoms with Crippen LogP contribution in [0.25, 0.3) is 5.69 Å². The Hall–Kier alpha value is -3.91. The van der Waals surface area contributed by atoms with Crippen molar-refractivity contribution < 1.29 is 26.4 Å². The molecule has 176 valence electrons. The highest BCUT2D eigenvalue weighted by atomic mass is 32.2. The highest BCUT2D eigenvalue weighted by Gasteiger charge is 2.30. The molecule has 0 saturated carbocycles. The zero-order valence-corrected chi connectivity index (χ0v) is 18.6. The molecule has 0 aliphatic rings. The van der Waals surface area contributed by atoms with E-state index in [9.17, 15) is 31.2 Å². The molecule has 0 spiro atoms. The number of halogens is 3. The first-order chi connectivity index (χ1) is 15.9. The van der Waals surface area contributed by atoms with E-state index in [-0.39, 0.29) is 22.7 Å². The predicted molar refractivity (Wildman–Crippen MR) is 117 cm³/mol. The molecule has 0 fully saturated rings. The van der Waals surface area contributed by atoms with Crippen molar-refractivity contribution in [3.8, 4) is 11.8 Å². The van der Waals surface area contributed by atoms with Gasteiger partial charge in [0.25, 0.3) is 11.5 Å². The molecular weight excluding hydrogens is 471 g/mol. The van der Waals surface area contributed by atoms with Gasteiger partial charge in [0.1, 0.15) is 11.3 Å². The van der Waals surface area contributed by atoms with Crippen molar-refractivity contribution in [2.45, 2.75) is 24.5 Å². The van der Waals surface area contributed by atoms with E-state index < -0.39 is 38.8 Å². The van der Waals surface area contributed by atoms with E-state index in [1.54, 1.807) is 6.07 Å². The molecule has 0 bridgehead atoms. The summed E-state index contributed by atoms with van der Waals surface area (Å²) in [5.41, 5.74) is -1.12. The number of benzene rings is 2. The lowest BCUT2D eigenvalue weighted by atomic mass is 10.1. The second kappa shape index (κ2) is 9.52. The van der Waals surface area contributed by atoms with Crippen LogP contribution in [0.3, 0.4) is 0 Å². The van der Waals surface area contributed by atoms with E-state index in [1.807, 2.05) is 0 Å². The molecule has 1 heterocycles. The first kappa shape index (κ1) is 24.7. The molecule has 0 aliphatic carbocycles. The minimum Gasteiger partial charge on any atom is -0.348 e. The summed E-state index contributed by atoms with van der Waals surface area (Å²) in [4.78, 5) is 25.5. The molecule has 1 N–H and O–H groups in total. The summed E-state index contributed by atoms with van der Waals surface area (Å²) in [6.45, 7) is 1.50. The van der Waals surface area contributed by atoms with Crippen LogP contribution >= 0.6 is 0 Å². The molecule has 0 unspecified atom stereocenters. The molecule has 0 aliphatic heterocycles. The maximum Gasteiger partial charge on any atom is 0.416 e. The monoisotopic (exact) mass is 489 g/mol. The van der Waals surface area contributed by atoms with Gasteiger partial charge in [-0.05, 0) is 55.0 Å². The van der Waals surface area contributed by atoms with Crippen LogP contribution in [0.4, 0.5) is 13.2 Å². The number of alkyl halides is 3. The van der Waals surface area contributed by atoms with Gasteiger partial charge >= 0.3 is 6.18 Å². The molecular formula is C23H18F3N3O4S. The number of hydrogen-bond donors (Lipinski definition) is 1. The number of carbonyl (C=O) groups excluding carboxylic acids is 1. The average molecular weight is 489 g/mol. The molecule has 34 heavy (non-hydrogen) atoms. The van der Waals surface area contributed by atoms with Crippen molar-refractivity contribution in [3.05, 3.63) is 93.4 Å². The van der Waals surface area contributed by atoms with E-state index in [1.165, 1.54) is 55.5 Å². The van der Waals surface area contributed by atoms with Crippen molar-refractivity contribution >= 4 is 15.7 Å². The molecule has 3 rings (SSSR count). The number of aromatic nitrogens is 1. The lowest BCUT2D eigenvalue weighted by Gasteiger charge is -2.14. The number of amides is 1. The Morgan fingerprint density at radius 1 is 1.09 bits per heavy atom. The van der Waals surface area contributed by atoms with Crippen LogP contribution in [0.15, 0.2) is 70.4 Å². The Morgan fingerprint density at radius 2 is 1.76 bits per heavy atom. The molecule has 0 saturated heterocycles. The molecule has 1 aromatic heterocycles. The summed E-state index contributed by atoms with van der Waals surface area (Å²) in [5, 5.41) is 11.1. The quantitative estimate of drug-likeness (QED) is 0.571. The van der Waals surface area contributed by atoms with Crippen LogP contribution in [0.1, 0.15) is 27.2 Å². The van der Waals surface area contributed by atoms with Gasteiger partial charge in [-0.25, -0.2) is 8.42 Å². The third kappa shape index (κ3) is 5.35. The summed E-state index contributed by atoms with van der Waals surface area (Å²) in [6.07, 6.45) is -4.59. The van der Waals surface area contributed by atoms with Gasteiger partial charge in [0, 0.05) is 17.9 Å². The van der Waals surface area contributed by atoms with Crippen molar-refractivity contribution in [1.82, 2.24) is 9.88 Å². The normalized spacial score (nSPS) is 11.6. The van der Waals surface area contributed by atoms with E-state index in [0.29, 0.717) is 11.3 Å². The van der Waals surface area contributed by atoms with Crippen LogP contribution in [-0.4, -0.2) is 24.6 Å². The van der Waals surface area contributed by atoms with Crippen LogP contribution < -0.4 is 10.9 Å². The molecule has 0 radical (unpaired) electrons. The maximum atomic E-state index is 13.1. The molecule has 2 aromatic carbocycles. The fourth-order valence-corrected chi connectivity index (χ4v) is 4.09. The Balaban J connectivity index is 1.83. The van der Waals surface area contributed by atoms with Crippen LogP contribution in [0.5, 0.6) is 0 Å². The van der Waals surface area contributed by atoms with Gasteiger partial charge in [-0.1, -0.05) is 18.2 Å². The Morgan fingerprint density at radius 3 is 2.38 bits per heavy atom. The number of nitrogens with one attached hydrogen (secondary N) is 1. The van der Waals surface area contributed by atoms with E-state index >= 15 is 0 Å². The second-order valence-corrected chi connectivity index (χ2v) is 9.31. The predicted octanol–water partition coefficient (Wildman–Crippen LogP) is 3.39. The van der Waals surface area contributed by atoms with Crippen molar-refractivity contribution in [2.75, 3.05) is 5.75 Å². The summed E-state index contributed by atoms with van der Waals surface area (Å²) < 4.78 is 64.1. The SMILES string of the molecule is Cc1ccc(C(=O)NCc2ccc(S(=O)(=O)CC#N)cc2)c(=O)n1-c1cccc(C(F)(F)F)c1. The van der Waals surface area contributed by atoms with Gasteiger partial charge in [0.2, 0.25) is 0 Å². The maximum absolute atomic E-state index is 13.1. The standard InChI is InChI=1S/C23H18F3N3O4S/c1-15-5-10-20(22(31)29(15)18-4-2-3-17(13-18)23(24,25)26)21(30)28-14-16-6-8-19(9-7-16)34(32,33)12-11-27/h2-10,13H,12,14H2,1H3,(H,28,30). The first-order valence-corrected chi connectivity index (χ1v) is 11.5. The minimum absolute atomic E-state index is 0.0267. The number of aryl methyl sites for hydroxylation is 1. The number of hydrogen-bond acceptors (Lipinski definition) is 5. The smallest absolute Gasteiger partial charge is 0.348 e. The zero-order chi connectivity index (χ0) is 25.1. The van der Waals surface area contributed by atoms with Gasteiger partial charge < -0.3 is 5.32 Å². The Kier molecular flexibility index (Phi) is 6.93. The highest BCUT2D eigenvalue weighted by Crippen LogP contribution is 2.30. The Bertz CT molecular complexity index is 1440. The summed E-state index contributed by atoms with van der Waals surface area (Å²) in [5.74, 6) is -1.40. The van der Waals surface area contributed by atoms with Gasteiger partial charge in [0.05, 0.1) is 16.5 Å². The minimum atomic E-state index is -4.59. The lowest BCUT2D eigenvalue weighted by Crippen LogP contribution is -2.33. The van der Waals surface area contributed by atoms with Crippen LogP contribution in [-0.2, 0) is 22.6 Å². The summed E-state index contributed by atoms with van der Waals surface area (Å²) >= 11 is 0. The largest absolute Gasteiger partial charge is 0.416 e. The van der Waals surface area contributed by atoms with Crippen molar-refractivity contribution in [3.63, 3.8) is 0 Å². The summed E-state index contributed by atoms with van der Waals surface area (Å²) in [7, 11) is -3.72. The number of nitriles is 1. The van der Waals surface area contributed by atoms with Crippen molar-refractivity contribution in [1.29, 1.82) is 5.26 Å². The number of carbonyl (C=O) groups is 1. The van der Waals surface area contributed by atoms with Crippen molar-refractivity contribution in [2.24, 2.45) is 0 Å².